The lowest BCUT2D eigenvalue weighted by molar-refractivity contribution is -0.481. The molecule has 110 valence electrons. The number of nitro groups is 1. The van der Waals surface area contributed by atoms with Gasteiger partial charge in [-0.3, -0.25) is 14.9 Å². The minimum absolute atomic E-state index is 0.131. The summed E-state index contributed by atoms with van der Waals surface area (Å²) >= 11 is 11.7. The molecule has 0 amide bonds. The smallest absolute Gasteiger partial charge is 0.309 e. The molecular formula is C13H15Cl2NO4. The normalized spacial score (nSPS) is 11.9. The number of hydrogen-bond donors (Lipinski definition) is 0. The Morgan fingerprint density at radius 3 is 2.65 bits per heavy atom. The molecule has 0 bridgehead atoms. The van der Waals surface area contributed by atoms with Crippen LogP contribution in [0.25, 0.3) is 0 Å². The van der Waals surface area contributed by atoms with Gasteiger partial charge >= 0.3 is 5.97 Å². The van der Waals surface area contributed by atoms with Crippen molar-refractivity contribution in [2.75, 3.05) is 13.2 Å². The van der Waals surface area contributed by atoms with Crippen molar-refractivity contribution in [2.45, 2.75) is 19.8 Å². The molecule has 1 rings (SSSR count). The van der Waals surface area contributed by atoms with E-state index >= 15 is 0 Å². The van der Waals surface area contributed by atoms with Crippen LogP contribution in [-0.4, -0.2) is 24.0 Å². The van der Waals surface area contributed by atoms with Gasteiger partial charge in [0.05, 0.1) is 22.6 Å². The van der Waals surface area contributed by atoms with E-state index in [9.17, 15) is 14.9 Å². The van der Waals surface area contributed by atoms with E-state index in [0.717, 1.165) is 5.56 Å². The SMILES string of the molecule is CCOC(=O)C(CC[N+](=O)[O-])Cc1ccc(Cl)c(Cl)c1. The average Bonchev–Trinajstić information content (AvgIpc) is 2.38. The molecule has 1 unspecified atom stereocenters. The first-order chi connectivity index (χ1) is 9.43. The molecule has 1 atom stereocenters. The average molecular weight is 320 g/mol. The van der Waals surface area contributed by atoms with Crippen molar-refractivity contribution >= 4 is 29.2 Å². The third-order valence-corrected chi connectivity index (χ3v) is 3.49. The molecule has 1 aromatic rings. The Balaban J connectivity index is 2.78. The van der Waals surface area contributed by atoms with E-state index in [2.05, 4.69) is 0 Å². The molecule has 0 saturated heterocycles. The number of carbonyl (C=O) groups excluding carboxylic acids is 1. The summed E-state index contributed by atoms with van der Waals surface area (Å²) in [6.45, 7) is 1.67. The highest BCUT2D eigenvalue weighted by atomic mass is 35.5. The second kappa shape index (κ2) is 8.07. The first-order valence-electron chi connectivity index (χ1n) is 6.16. The first-order valence-corrected chi connectivity index (χ1v) is 6.92. The zero-order valence-corrected chi connectivity index (χ0v) is 12.5. The van der Waals surface area contributed by atoms with E-state index in [1.54, 1.807) is 25.1 Å². The van der Waals surface area contributed by atoms with E-state index in [0.29, 0.717) is 16.5 Å². The molecule has 7 heteroatoms. The van der Waals surface area contributed by atoms with Gasteiger partial charge in [0.15, 0.2) is 0 Å². The Hall–Kier alpha value is -1.33. The summed E-state index contributed by atoms with van der Waals surface area (Å²) in [5.74, 6) is -0.988. The number of carbonyl (C=O) groups is 1. The quantitative estimate of drug-likeness (QED) is 0.439. The van der Waals surface area contributed by atoms with Gasteiger partial charge < -0.3 is 4.74 Å². The van der Waals surface area contributed by atoms with Gasteiger partial charge in [-0.05, 0) is 31.0 Å². The van der Waals surface area contributed by atoms with E-state index in [1.165, 1.54) is 0 Å². The first kappa shape index (κ1) is 16.7. The zero-order valence-electron chi connectivity index (χ0n) is 11.0. The minimum Gasteiger partial charge on any atom is -0.466 e. The van der Waals surface area contributed by atoms with Crippen molar-refractivity contribution in [3.63, 3.8) is 0 Å². The van der Waals surface area contributed by atoms with Gasteiger partial charge in [0.25, 0.3) is 0 Å². The molecule has 0 radical (unpaired) electrons. The maximum atomic E-state index is 11.8. The fourth-order valence-corrected chi connectivity index (χ4v) is 2.10. The Bertz CT molecular complexity index is 493. The largest absolute Gasteiger partial charge is 0.466 e. The van der Waals surface area contributed by atoms with Crippen molar-refractivity contribution in [2.24, 2.45) is 5.92 Å². The standard InChI is InChI=1S/C13H15Cl2NO4/c1-2-20-13(17)10(5-6-16(18)19)7-9-3-4-11(14)12(15)8-9/h3-4,8,10H,2,5-7H2,1H3. The Kier molecular flexibility index (Phi) is 6.75. The zero-order chi connectivity index (χ0) is 15.1. The van der Waals surface area contributed by atoms with E-state index in [-0.39, 0.29) is 19.6 Å². The molecule has 20 heavy (non-hydrogen) atoms. The van der Waals surface area contributed by atoms with Crippen LogP contribution in [0.4, 0.5) is 0 Å². The fraction of sp³-hybridized carbons (Fsp3) is 0.462. The molecule has 0 heterocycles. The molecule has 1 aromatic carbocycles. The lowest BCUT2D eigenvalue weighted by atomic mass is 9.96. The van der Waals surface area contributed by atoms with Crippen molar-refractivity contribution < 1.29 is 14.5 Å². The second-order valence-corrected chi connectivity index (χ2v) is 5.06. The Morgan fingerprint density at radius 1 is 1.40 bits per heavy atom. The van der Waals surface area contributed by atoms with Crippen LogP contribution in [0.2, 0.25) is 10.0 Å². The second-order valence-electron chi connectivity index (χ2n) is 4.25. The maximum Gasteiger partial charge on any atom is 0.309 e. The lowest BCUT2D eigenvalue weighted by Gasteiger charge is -2.14. The molecule has 0 N–H and O–H groups in total. The summed E-state index contributed by atoms with van der Waals surface area (Å²) in [6.07, 6.45) is 0.468. The Morgan fingerprint density at radius 2 is 2.10 bits per heavy atom. The monoisotopic (exact) mass is 319 g/mol. The molecule has 5 nitrogen and oxygen atoms in total. The highest BCUT2D eigenvalue weighted by Gasteiger charge is 2.22. The van der Waals surface area contributed by atoms with Crippen LogP contribution in [0.5, 0.6) is 0 Å². The highest BCUT2D eigenvalue weighted by Crippen LogP contribution is 2.24. The number of esters is 1. The molecule has 0 saturated carbocycles. The molecule has 0 fully saturated rings. The van der Waals surface area contributed by atoms with Crippen LogP contribution in [0.15, 0.2) is 18.2 Å². The summed E-state index contributed by atoms with van der Waals surface area (Å²) in [5, 5.41) is 11.3. The summed E-state index contributed by atoms with van der Waals surface area (Å²) in [7, 11) is 0. The summed E-state index contributed by atoms with van der Waals surface area (Å²) in [5.41, 5.74) is 0.792. The van der Waals surface area contributed by atoms with Gasteiger partial charge in [-0.2, -0.15) is 0 Å². The van der Waals surface area contributed by atoms with E-state index in [1.807, 2.05) is 0 Å². The van der Waals surface area contributed by atoms with Crippen molar-refractivity contribution in [1.29, 1.82) is 0 Å². The number of benzene rings is 1. The maximum absolute atomic E-state index is 11.8. The van der Waals surface area contributed by atoms with Crippen LogP contribution in [-0.2, 0) is 16.0 Å². The predicted molar refractivity (Wildman–Crippen MR) is 76.8 cm³/mol. The van der Waals surface area contributed by atoms with Crippen molar-refractivity contribution in [1.82, 2.24) is 0 Å². The summed E-state index contributed by atoms with van der Waals surface area (Å²) in [4.78, 5) is 21.8. The molecule has 0 aromatic heterocycles. The third kappa shape index (κ3) is 5.35. The van der Waals surface area contributed by atoms with Crippen molar-refractivity contribution in [3.8, 4) is 0 Å². The van der Waals surface area contributed by atoms with Crippen LogP contribution in [0, 0.1) is 16.0 Å². The molecule has 0 spiro atoms. The third-order valence-electron chi connectivity index (χ3n) is 2.75. The van der Waals surface area contributed by atoms with Gasteiger partial charge in [-0.25, -0.2) is 0 Å². The van der Waals surface area contributed by atoms with Crippen LogP contribution < -0.4 is 0 Å². The summed E-state index contributed by atoms with van der Waals surface area (Å²) < 4.78 is 4.94. The summed E-state index contributed by atoms with van der Waals surface area (Å²) in [6, 6.07) is 5.03. The number of nitrogens with zero attached hydrogens (tertiary/aromatic N) is 1. The predicted octanol–water partition coefficient (Wildman–Crippen LogP) is 3.38. The molecule has 0 aliphatic heterocycles. The van der Waals surface area contributed by atoms with E-state index in [4.69, 9.17) is 27.9 Å². The number of halogens is 2. The fourth-order valence-electron chi connectivity index (χ4n) is 1.78. The van der Waals surface area contributed by atoms with Crippen LogP contribution in [0.1, 0.15) is 18.9 Å². The number of hydrogen-bond acceptors (Lipinski definition) is 4. The van der Waals surface area contributed by atoms with Crippen LogP contribution in [0.3, 0.4) is 0 Å². The molecule has 0 aliphatic rings. The number of ether oxygens (including phenoxy) is 1. The van der Waals surface area contributed by atoms with Gasteiger partial charge in [-0.1, -0.05) is 29.3 Å². The Labute approximate surface area is 127 Å². The lowest BCUT2D eigenvalue weighted by Crippen LogP contribution is -2.23. The molecular weight excluding hydrogens is 305 g/mol. The van der Waals surface area contributed by atoms with Gasteiger partial charge in [-0.15, -0.1) is 0 Å². The van der Waals surface area contributed by atoms with Crippen molar-refractivity contribution in [3.05, 3.63) is 43.9 Å². The molecule has 0 aliphatic carbocycles. The van der Waals surface area contributed by atoms with Gasteiger partial charge in [0.2, 0.25) is 6.54 Å². The highest BCUT2D eigenvalue weighted by molar-refractivity contribution is 6.42. The topological polar surface area (TPSA) is 69.4 Å². The van der Waals surface area contributed by atoms with Gasteiger partial charge in [0, 0.05) is 11.3 Å². The van der Waals surface area contributed by atoms with Gasteiger partial charge in [0.1, 0.15) is 0 Å². The van der Waals surface area contributed by atoms with E-state index < -0.39 is 16.8 Å². The number of rotatable bonds is 7. The minimum atomic E-state index is -0.558. The van der Waals surface area contributed by atoms with Crippen LogP contribution >= 0.6 is 23.2 Å².